The third-order valence-corrected chi connectivity index (χ3v) is 3.11. The lowest BCUT2D eigenvalue weighted by molar-refractivity contribution is 0.860. The topological polar surface area (TPSA) is 45.8 Å². The summed E-state index contributed by atoms with van der Waals surface area (Å²) in [4.78, 5) is 6.27. The van der Waals surface area contributed by atoms with E-state index in [0.717, 1.165) is 11.4 Å². The first-order valence-corrected chi connectivity index (χ1v) is 6.17. The number of hydrogen-bond donors (Lipinski definition) is 0. The number of nitrogens with zero attached hydrogens (tertiary/aromatic N) is 5. The Morgan fingerprint density at radius 2 is 1.89 bits per heavy atom. The molecule has 19 heavy (non-hydrogen) atoms. The Labute approximate surface area is 113 Å². The second-order valence-electron chi connectivity index (χ2n) is 4.82. The summed E-state index contributed by atoms with van der Waals surface area (Å²) in [6, 6.07) is 6.03. The third-order valence-electron chi connectivity index (χ3n) is 3.11. The Kier molecular flexibility index (Phi) is 3.64. The molecule has 5 nitrogen and oxygen atoms in total. The molecule has 0 aliphatic heterocycles. The standard InChI is InChI=1S/C14H19N5/c1-10-8-12(6-7-13(10)18(3)4)16-17-14-15-9-11(2)19(14)5/h6-9H,1-5H3. The molecule has 0 bridgehead atoms. The Balaban J connectivity index is 2.24. The number of aromatic nitrogens is 2. The van der Waals surface area contributed by atoms with E-state index in [1.807, 2.05) is 50.8 Å². The lowest BCUT2D eigenvalue weighted by Gasteiger charge is -2.15. The van der Waals surface area contributed by atoms with Gasteiger partial charge in [-0.15, -0.1) is 10.2 Å². The second-order valence-corrected chi connectivity index (χ2v) is 4.82. The largest absolute Gasteiger partial charge is 0.377 e. The van der Waals surface area contributed by atoms with Crippen molar-refractivity contribution >= 4 is 17.3 Å². The lowest BCUT2D eigenvalue weighted by atomic mass is 10.1. The molecule has 0 N–H and O–H groups in total. The minimum atomic E-state index is 0.617. The number of azo groups is 1. The first kappa shape index (κ1) is 13.3. The zero-order valence-electron chi connectivity index (χ0n) is 12.0. The van der Waals surface area contributed by atoms with E-state index in [0.29, 0.717) is 5.95 Å². The van der Waals surface area contributed by atoms with Crippen LogP contribution in [-0.2, 0) is 7.05 Å². The molecule has 2 rings (SSSR count). The highest BCUT2D eigenvalue weighted by molar-refractivity contribution is 5.57. The van der Waals surface area contributed by atoms with Gasteiger partial charge < -0.3 is 9.47 Å². The number of benzene rings is 1. The van der Waals surface area contributed by atoms with E-state index in [9.17, 15) is 0 Å². The normalized spacial score (nSPS) is 11.2. The number of rotatable bonds is 3. The Morgan fingerprint density at radius 3 is 2.42 bits per heavy atom. The Hall–Kier alpha value is -2.17. The summed E-state index contributed by atoms with van der Waals surface area (Å²) in [6.07, 6.45) is 1.79. The van der Waals surface area contributed by atoms with E-state index in [1.54, 1.807) is 6.20 Å². The van der Waals surface area contributed by atoms with Gasteiger partial charge in [0.2, 0.25) is 5.95 Å². The van der Waals surface area contributed by atoms with Crippen molar-refractivity contribution in [3.05, 3.63) is 35.7 Å². The van der Waals surface area contributed by atoms with E-state index >= 15 is 0 Å². The van der Waals surface area contributed by atoms with Crippen LogP contribution in [0.3, 0.4) is 0 Å². The van der Waals surface area contributed by atoms with E-state index < -0.39 is 0 Å². The summed E-state index contributed by atoms with van der Waals surface area (Å²) >= 11 is 0. The maximum absolute atomic E-state index is 4.24. The quantitative estimate of drug-likeness (QED) is 0.790. The lowest BCUT2D eigenvalue weighted by Crippen LogP contribution is -2.09. The van der Waals surface area contributed by atoms with Gasteiger partial charge in [0.05, 0.1) is 11.9 Å². The predicted molar refractivity (Wildman–Crippen MR) is 77.6 cm³/mol. The molecule has 1 aromatic carbocycles. The molecule has 0 aliphatic carbocycles. The van der Waals surface area contributed by atoms with Crippen LogP contribution in [0, 0.1) is 13.8 Å². The number of anilines is 1. The highest BCUT2D eigenvalue weighted by Crippen LogP contribution is 2.24. The van der Waals surface area contributed by atoms with Gasteiger partial charge in [-0.1, -0.05) is 0 Å². The van der Waals surface area contributed by atoms with Crippen molar-refractivity contribution in [2.45, 2.75) is 13.8 Å². The van der Waals surface area contributed by atoms with Crippen LogP contribution < -0.4 is 4.90 Å². The Morgan fingerprint density at radius 1 is 1.16 bits per heavy atom. The molecular formula is C14H19N5. The summed E-state index contributed by atoms with van der Waals surface area (Å²) in [5, 5.41) is 8.41. The summed E-state index contributed by atoms with van der Waals surface area (Å²) < 4.78 is 1.91. The van der Waals surface area contributed by atoms with Gasteiger partial charge in [-0.2, -0.15) is 0 Å². The van der Waals surface area contributed by atoms with E-state index in [4.69, 9.17) is 0 Å². The highest BCUT2D eigenvalue weighted by atomic mass is 15.3. The van der Waals surface area contributed by atoms with Crippen LogP contribution in [0.5, 0.6) is 0 Å². The minimum Gasteiger partial charge on any atom is -0.377 e. The first-order valence-electron chi connectivity index (χ1n) is 6.17. The maximum atomic E-state index is 4.24. The van der Waals surface area contributed by atoms with Gasteiger partial charge in [-0.25, -0.2) is 4.98 Å². The Bertz CT molecular complexity index is 610. The van der Waals surface area contributed by atoms with Gasteiger partial charge >= 0.3 is 0 Å². The molecule has 0 fully saturated rings. The zero-order valence-corrected chi connectivity index (χ0v) is 12.0. The average Bonchev–Trinajstić information content (AvgIpc) is 2.67. The molecule has 0 unspecified atom stereocenters. The van der Waals surface area contributed by atoms with Gasteiger partial charge in [0, 0.05) is 32.5 Å². The molecule has 100 valence electrons. The number of aryl methyl sites for hydroxylation is 2. The fourth-order valence-electron chi connectivity index (χ4n) is 1.88. The van der Waals surface area contributed by atoms with Crippen molar-refractivity contribution in [2.75, 3.05) is 19.0 Å². The van der Waals surface area contributed by atoms with Crippen LogP contribution in [0.4, 0.5) is 17.3 Å². The molecule has 2 aromatic rings. The average molecular weight is 257 g/mol. The summed E-state index contributed by atoms with van der Waals surface area (Å²) in [5.74, 6) is 0.617. The minimum absolute atomic E-state index is 0.617. The van der Waals surface area contributed by atoms with Crippen molar-refractivity contribution < 1.29 is 0 Å². The third kappa shape index (κ3) is 2.81. The molecule has 0 radical (unpaired) electrons. The summed E-state index contributed by atoms with van der Waals surface area (Å²) in [6.45, 7) is 4.06. The molecule has 0 aliphatic rings. The van der Waals surface area contributed by atoms with Crippen LogP contribution in [0.2, 0.25) is 0 Å². The summed E-state index contributed by atoms with van der Waals surface area (Å²) in [7, 11) is 5.98. The molecule has 5 heteroatoms. The second kappa shape index (κ2) is 5.22. The van der Waals surface area contributed by atoms with E-state index in [-0.39, 0.29) is 0 Å². The van der Waals surface area contributed by atoms with E-state index in [2.05, 4.69) is 27.0 Å². The van der Waals surface area contributed by atoms with Crippen LogP contribution in [0.1, 0.15) is 11.3 Å². The van der Waals surface area contributed by atoms with Crippen LogP contribution >= 0.6 is 0 Å². The van der Waals surface area contributed by atoms with Crippen LogP contribution in [0.25, 0.3) is 0 Å². The smallest absolute Gasteiger partial charge is 0.249 e. The van der Waals surface area contributed by atoms with Crippen molar-refractivity contribution in [2.24, 2.45) is 17.3 Å². The van der Waals surface area contributed by atoms with Crippen molar-refractivity contribution in [1.29, 1.82) is 0 Å². The van der Waals surface area contributed by atoms with Gasteiger partial charge in [0.25, 0.3) is 0 Å². The number of hydrogen-bond acceptors (Lipinski definition) is 4. The fourth-order valence-corrected chi connectivity index (χ4v) is 1.88. The fraction of sp³-hybridized carbons (Fsp3) is 0.357. The van der Waals surface area contributed by atoms with Crippen LogP contribution in [0.15, 0.2) is 34.6 Å². The van der Waals surface area contributed by atoms with Gasteiger partial charge in [-0.3, -0.25) is 0 Å². The number of imidazole rings is 1. The maximum Gasteiger partial charge on any atom is 0.249 e. The predicted octanol–water partition coefficient (Wildman–Crippen LogP) is 3.52. The van der Waals surface area contributed by atoms with Crippen molar-refractivity contribution in [3.8, 4) is 0 Å². The zero-order chi connectivity index (χ0) is 14.0. The van der Waals surface area contributed by atoms with Gasteiger partial charge in [-0.05, 0) is 37.6 Å². The molecular weight excluding hydrogens is 238 g/mol. The van der Waals surface area contributed by atoms with Crippen molar-refractivity contribution in [1.82, 2.24) is 9.55 Å². The molecule has 0 atom stereocenters. The molecule has 0 saturated carbocycles. The highest BCUT2D eigenvalue weighted by Gasteiger charge is 2.03. The summed E-state index contributed by atoms with van der Waals surface area (Å²) in [5.41, 5.74) is 4.26. The van der Waals surface area contributed by atoms with E-state index in [1.165, 1.54) is 11.3 Å². The van der Waals surface area contributed by atoms with Crippen molar-refractivity contribution in [3.63, 3.8) is 0 Å². The SMILES string of the molecule is Cc1cc(N=Nc2ncc(C)n2C)ccc1N(C)C. The monoisotopic (exact) mass is 257 g/mol. The van der Waals surface area contributed by atoms with Crippen LogP contribution in [-0.4, -0.2) is 23.6 Å². The molecule has 0 amide bonds. The van der Waals surface area contributed by atoms with Gasteiger partial charge in [0.1, 0.15) is 0 Å². The first-order chi connectivity index (χ1) is 8.99. The van der Waals surface area contributed by atoms with Gasteiger partial charge in [0.15, 0.2) is 0 Å². The molecule has 0 spiro atoms. The molecule has 0 saturated heterocycles. The molecule has 1 heterocycles. The molecule has 1 aromatic heterocycles.